The molecule has 0 aliphatic heterocycles. The molecule has 0 bridgehead atoms. The van der Waals surface area contributed by atoms with Gasteiger partial charge in [-0.2, -0.15) is 8.42 Å². The lowest BCUT2D eigenvalue weighted by Gasteiger charge is -2.10. The molecule has 0 saturated heterocycles. The summed E-state index contributed by atoms with van der Waals surface area (Å²) in [6, 6.07) is 10.2. The quantitative estimate of drug-likeness (QED) is 0.267. The lowest BCUT2D eigenvalue weighted by atomic mass is 10.2. The van der Waals surface area contributed by atoms with Crippen molar-refractivity contribution in [3.63, 3.8) is 0 Å². The van der Waals surface area contributed by atoms with Crippen LogP contribution in [0.1, 0.15) is 12.0 Å². The molecule has 9 heteroatoms. The first-order valence-electron chi connectivity index (χ1n) is 7.27. The Labute approximate surface area is 151 Å². The third-order valence-electron chi connectivity index (χ3n) is 3.03. The minimum absolute atomic E-state index is 0.0206. The molecule has 0 heterocycles. The summed E-state index contributed by atoms with van der Waals surface area (Å²) in [4.78, 5) is 0. The summed E-state index contributed by atoms with van der Waals surface area (Å²) in [5, 5.41) is 9.93. The number of rotatable bonds is 5. The first kappa shape index (κ1) is 20.9. The summed E-state index contributed by atoms with van der Waals surface area (Å²) in [5.74, 6) is 0.114. The molecule has 138 valence electrons. The van der Waals surface area contributed by atoms with E-state index in [0.717, 1.165) is 0 Å². The molecule has 0 atom stereocenters. The Kier molecular flexibility index (Phi) is 7.82. The molecule has 0 saturated carbocycles. The van der Waals surface area contributed by atoms with Gasteiger partial charge in [-0.1, -0.05) is 23.7 Å². The molecule has 0 unspecified atom stereocenters. The number of hydrogen-bond acceptors (Lipinski definition) is 6. The smallest absolute Gasteiger partial charge is 0.264 e. The summed E-state index contributed by atoms with van der Waals surface area (Å²) in [5.41, 5.74) is 12.4. The Hall–Kier alpha value is -2.16. The van der Waals surface area contributed by atoms with E-state index in [9.17, 15) is 13.5 Å². The average Bonchev–Trinajstić information content (AvgIpc) is 2.51. The lowest BCUT2D eigenvalue weighted by molar-refractivity contribution is 0.313. The highest BCUT2D eigenvalue weighted by Gasteiger charge is 2.07. The maximum atomic E-state index is 10.5. The first-order chi connectivity index (χ1) is 11.6. The SMILES string of the molecule is Cc1cc(O)c(N)cc1OCCCS(=O)(=O)O.Nc1ccccc1Cl. The van der Waals surface area contributed by atoms with Crippen LogP contribution in [0.4, 0.5) is 11.4 Å². The number of benzene rings is 2. The summed E-state index contributed by atoms with van der Waals surface area (Å²) >= 11 is 5.58. The molecular weight excluding hydrogens is 368 g/mol. The van der Waals surface area contributed by atoms with Crippen molar-refractivity contribution in [2.75, 3.05) is 23.8 Å². The van der Waals surface area contributed by atoms with Gasteiger partial charge < -0.3 is 21.3 Å². The van der Waals surface area contributed by atoms with E-state index >= 15 is 0 Å². The van der Waals surface area contributed by atoms with Crippen LogP contribution < -0.4 is 16.2 Å². The van der Waals surface area contributed by atoms with E-state index in [2.05, 4.69) is 0 Å². The number of halogens is 1. The second kappa shape index (κ2) is 9.36. The van der Waals surface area contributed by atoms with Crippen LogP contribution in [0, 0.1) is 6.92 Å². The van der Waals surface area contributed by atoms with Gasteiger partial charge in [-0.25, -0.2) is 0 Å². The molecule has 0 amide bonds. The second-order valence-electron chi connectivity index (χ2n) is 5.19. The fraction of sp³-hybridized carbons (Fsp3) is 0.250. The molecule has 0 aromatic heterocycles. The Bertz CT molecular complexity index is 791. The molecular formula is C16H21ClN2O5S. The van der Waals surface area contributed by atoms with Gasteiger partial charge in [0, 0.05) is 6.07 Å². The number of nitrogens with two attached hydrogens (primary N) is 2. The molecule has 0 fully saturated rings. The number of aromatic hydroxyl groups is 1. The maximum absolute atomic E-state index is 10.5. The highest BCUT2D eigenvalue weighted by atomic mass is 35.5. The predicted molar refractivity (Wildman–Crippen MR) is 99.6 cm³/mol. The zero-order chi connectivity index (χ0) is 19.0. The van der Waals surface area contributed by atoms with Gasteiger partial charge >= 0.3 is 0 Å². The number of phenols is 1. The maximum Gasteiger partial charge on any atom is 0.264 e. The van der Waals surface area contributed by atoms with E-state index in [1.807, 2.05) is 12.1 Å². The number of ether oxygens (including phenoxy) is 1. The van der Waals surface area contributed by atoms with E-state index < -0.39 is 10.1 Å². The van der Waals surface area contributed by atoms with Crippen LogP contribution in [-0.4, -0.2) is 30.4 Å². The van der Waals surface area contributed by atoms with E-state index in [1.165, 1.54) is 12.1 Å². The Morgan fingerprint density at radius 1 is 1.16 bits per heavy atom. The monoisotopic (exact) mass is 388 g/mol. The summed E-state index contributed by atoms with van der Waals surface area (Å²) in [6.45, 7) is 1.88. The molecule has 6 N–H and O–H groups in total. The zero-order valence-corrected chi connectivity index (χ0v) is 15.2. The van der Waals surface area contributed by atoms with Crippen LogP contribution in [0.3, 0.4) is 0 Å². The van der Waals surface area contributed by atoms with Crippen LogP contribution in [0.15, 0.2) is 36.4 Å². The van der Waals surface area contributed by atoms with E-state index in [4.69, 9.17) is 32.4 Å². The largest absolute Gasteiger partial charge is 0.506 e. The third-order valence-corrected chi connectivity index (χ3v) is 4.18. The first-order valence-corrected chi connectivity index (χ1v) is 9.26. The molecule has 0 spiro atoms. The van der Waals surface area contributed by atoms with E-state index in [1.54, 1.807) is 19.1 Å². The van der Waals surface area contributed by atoms with Gasteiger partial charge in [0.2, 0.25) is 0 Å². The minimum atomic E-state index is -3.95. The minimum Gasteiger partial charge on any atom is -0.506 e. The van der Waals surface area contributed by atoms with Gasteiger partial charge in [0.25, 0.3) is 10.1 Å². The summed E-state index contributed by atoms with van der Waals surface area (Å²) in [6.07, 6.45) is 0.180. The van der Waals surface area contributed by atoms with Crippen LogP contribution in [0.25, 0.3) is 0 Å². The molecule has 25 heavy (non-hydrogen) atoms. The van der Waals surface area contributed by atoms with Crippen molar-refractivity contribution in [2.24, 2.45) is 0 Å². The van der Waals surface area contributed by atoms with Gasteiger partial charge in [0.1, 0.15) is 11.5 Å². The van der Waals surface area contributed by atoms with Gasteiger partial charge in [0.15, 0.2) is 0 Å². The molecule has 2 rings (SSSR count). The van der Waals surface area contributed by atoms with Crippen LogP contribution in [0.2, 0.25) is 5.02 Å². The van der Waals surface area contributed by atoms with Crippen molar-refractivity contribution in [1.82, 2.24) is 0 Å². The second-order valence-corrected chi connectivity index (χ2v) is 7.17. The van der Waals surface area contributed by atoms with Gasteiger partial charge in [0.05, 0.1) is 28.8 Å². The van der Waals surface area contributed by atoms with Crippen LogP contribution >= 0.6 is 11.6 Å². The standard InChI is InChI=1S/C10H15NO5S.C6H6ClN/c1-7-5-9(12)8(11)6-10(7)16-3-2-4-17(13,14)15;7-5-3-1-2-4-6(5)8/h5-6,12H,2-4,11H2,1H3,(H,13,14,15);1-4H,8H2. The van der Waals surface area contributed by atoms with E-state index in [0.29, 0.717) is 22.0 Å². The predicted octanol–water partition coefficient (Wildman–Crippen LogP) is 2.86. The fourth-order valence-corrected chi connectivity index (χ4v) is 2.36. The van der Waals surface area contributed by atoms with Crippen LogP contribution in [-0.2, 0) is 10.1 Å². The highest BCUT2D eigenvalue weighted by Crippen LogP contribution is 2.29. The summed E-state index contributed by atoms with van der Waals surface area (Å²) < 4.78 is 34.7. The molecule has 2 aromatic rings. The topological polar surface area (TPSA) is 136 Å². The Morgan fingerprint density at radius 3 is 2.32 bits per heavy atom. The number of nitrogen functional groups attached to an aromatic ring is 2. The Morgan fingerprint density at radius 2 is 1.80 bits per heavy atom. The number of phenolic OH excluding ortho intramolecular Hbond substituents is 1. The fourth-order valence-electron chi connectivity index (χ4n) is 1.74. The van der Waals surface area contributed by atoms with Crippen LogP contribution in [0.5, 0.6) is 11.5 Å². The normalized spacial score (nSPS) is 10.7. The Balaban J connectivity index is 0.000000324. The van der Waals surface area contributed by atoms with Crippen molar-refractivity contribution in [1.29, 1.82) is 0 Å². The zero-order valence-electron chi connectivity index (χ0n) is 13.6. The lowest BCUT2D eigenvalue weighted by Crippen LogP contribution is -2.09. The number of aryl methyl sites for hydroxylation is 1. The molecule has 2 aromatic carbocycles. The molecule has 0 radical (unpaired) electrons. The van der Waals surface area contributed by atoms with Gasteiger partial charge in [-0.05, 0) is 37.1 Å². The summed E-state index contributed by atoms with van der Waals surface area (Å²) in [7, 11) is -3.95. The number of anilines is 2. The molecule has 0 aliphatic carbocycles. The average molecular weight is 389 g/mol. The van der Waals surface area contributed by atoms with Gasteiger partial charge in [-0.3, -0.25) is 4.55 Å². The molecule has 7 nitrogen and oxygen atoms in total. The van der Waals surface area contributed by atoms with Gasteiger partial charge in [-0.15, -0.1) is 0 Å². The number of para-hydroxylation sites is 1. The van der Waals surface area contributed by atoms with E-state index in [-0.39, 0.29) is 30.2 Å². The van der Waals surface area contributed by atoms with Crippen molar-refractivity contribution in [3.05, 3.63) is 47.0 Å². The van der Waals surface area contributed by atoms with Crippen molar-refractivity contribution >= 4 is 33.1 Å². The van der Waals surface area contributed by atoms with Crippen molar-refractivity contribution in [3.8, 4) is 11.5 Å². The third kappa shape index (κ3) is 7.97. The van der Waals surface area contributed by atoms with Crippen molar-refractivity contribution in [2.45, 2.75) is 13.3 Å². The van der Waals surface area contributed by atoms with Crippen molar-refractivity contribution < 1.29 is 22.8 Å². The number of hydrogen-bond donors (Lipinski definition) is 4. The molecule has 0 aliphatic rings. The highest BCUT2D eigenvalue weighted by molar-refractivity contribution is 7.85.